The standard InChI is InChI=1S/C17H17NS3/c1-4-13(12-8-11-21-14(12)5-1)18-17(15-6-2-9-19-15)16-7-3-10-20-16/h2-3,6-11,13,17-18H,1,4-5H2. The summed E-state index contributed by atoms with van der Waals surface area (Å²) >= 11 is 5.61. The lowest BCUT2D eigenvalue weighted by Gasteiger charge is -2.28. The quantitative estimate of drug-likeness (QED) is 0.653. The monoisotopic (exact) mass is 331 g/mol. The minimum atomic E-state index is 0.334. The lowest BCUT2D eigenvalue weighted by atomic mass is 9.93. The van der Waals surface area contributed by atoms with Gasteiger partial charge in [-0.2, -0.15) is 0 Å². The molecule has 0 aromatic carbocycles. The summed E-state index contributed by atoms with van der Waals surface area (Å²) in [7, 11) is 0. The van der Waals surface area contributed by atoms with Crippen LogP contribution >= 0.6 is 34.0 Å². The number of hydrogen-bond acceptors (Lipinski definition) is 4. The molecule has 21 heavy (non-hydrogen) atoms. The third-order valence-electron chi connectivity index (χ3n) is 4.08. The third kappa shape index (κ3) is 2.73. The van der Waals surface area contributed by atoms with Crippen LogP contribution in [0, 0.1) is 0 Å². The molecule has 0 spiro atoms. The van der Waals surface area contributed by atoms with Gasteiger partial charge in [0.15, 0.2) is 0 Å². The molecule has 1 nitrogen and oxygen atoms in total. The van der Waals surface area contributed by atoms with E-state index in [1.165, 1.54) is 34.6 Å². The van der Waals surface area contributed by atoms with Crippen LogP contribution in [0.3, 0.4) is 0 Å². The molecule has 1 atom stereocenters. The summed E-state index contributed by atoms with van der Waals surface area (Å²) in [6, 6.07) is 11.9. The molecule has 3 heterocycles. The Morgan fingerprint density at radius 3 is 2.38 bits per heavy atom. The summed E-state index contributed by atoms with van der Waals surface area (Å²) in [6.07, 6.45) is 3.80. The maximum absolute atomic E-state index is 3.93. The van der Waals surface area contributed by atoms with Gasteiger partial charge in [-0.1, -0.05) is 12.1 Å². The molecule has 0 aliphatic heterocycles. The van der Waals surface area contributed by atoms with E-state index < -0.39 is 0 Å². The van der Waals surface area contributed by atoms with Gasteiger partial charge in [-0.25, -0.2) is 0 Å². The van der Waals surface area contributed by atoms with E-state index in [0.29, 0.717) is 12.1 Å². The number of fused-ring (bicyclic) bond motifs is 1. The van der Waals surface area contributed by atoms with Gasteiger partial charge in [-0.05, 0) is 59.2 Å². The Bertz CT molecular complexity index is 647. The van der Waals surface area contributed by atoms with Gasteiger partial charge in [-0.15, -0.1) is 34.0 Å². The maximum Gasteiger partial charge on any atom is 0.0769 e. The molecule has 0 radical (unpaired) electrons. The molecule has 1 aliphatic carbocycles. The molecule has 0 saturated heterocycles. The van der Waals surface area contributed by atoms with E-state index in [-0.39, 0.29) is 0 Å². The van der Waals surface area contributed by atoms with Gasteiger partial charge in [0.2, 0.25) is 0 Å². The van der Waals surface area contributed by atoms with Crippen LogP contribution < -0.4 is 5.32 Å². The van der Waals surface area contributed by atoms with E-state index >= 15 is 0 Å². The van der Waals surface area contributed by atoms with Gasteiger partial charge >= 0.3 is 0 Å². The fourth-order valence-electron chi connectivity index (χ4n) is 3.08. The highest BCUT2D eigenvalue weighted by atomic mass is 32.1. The van der Waals surface area contributed by atoms with Crippen molar-refractivity contribution in [2.45, 2.75) is 31.3 Å². The van der Waals surface area contributed by atoms with Crippen LogP contribution in [0.5, 0.6) is 0 Å². The Balaban J connectivity index is 1.65. The first-order chi connectivity index (χ1) is 10.4. The molecular weight excluding hydrogens is 314 g/mol. The number of aryl methyl sites for hydroxylation is 1. The zero-order valence-corrected chi connectivity index (χ0v) is 14.1. The largest absolute Gasteiger partial charge is 0.298 e. The van der Waals surface area contributed by atoms with Gasteiger partial charge in [0.05, 0.1) is 6.04 Å². The smallest absolute Gasteiger partial charge is 0.0769 e. The van der Waals surface area contributed by atoms with E-state index in [4.69, 9.17) is 0 Å². The summed E-state index contributed by atoms with van der Waals surface area (Å²) in [5.41, 5.74) is 1.53. The number of nitrogens with one attached hydrogen (secondary N) is 1. The highest BCUT2D eigenvalue weighted by Gasteiger charge is 2.26. The second-order valence-electron chi connectivity index (χ2n) is 5.37. The van der Waals surface area contributed by atoms with Crippen molar-refractivity contribution >= 4 is 34.0 Å². The van der Waals surface area contributed by atoms with Crippen LogP contribution in [-0.2, 0) is 6.42 Å². The Morgan fingerprint density at radius 2 is 1.71 bits per heavy atom. The van der Waals surface area contributed by atoms with Crippen LogP contribution in [0.4, 0.5) is 0 Å². The van der Waals surface area contributed by atoms with Crippen molar-refractivity contribution in [2.75, 3.05) is 0 Å². The Hall–Kier alpha value is -0.940. The average molecular weight is 332 g/mol. The zero-order valence-electron chi connectivity index (χ0n) is 11.6. The summed E-state index contributed by atoms with van der Waals surface area (Å²) in [5, 5.41) is 10.5. The van der Waals surface area contributed by atoms with Gasteiger partial charge in [0.25, 0.3) is 0 Å². The molecule has 0 bridgehead atoms. The summed E-state index contributed by atoms with van der Waals surface area (Å²) in [4.78, 5) is 4.41. The SMILES string of the molecule is c1csc(C(NC2CCCc3sccc32)c2cccs2)c1. The van der Waals surface area contributed by atoms with Crippen LogP contribution in [0.15, 0.2) is 46.5 Å². The second kappa shape index (κ2) is 6.05. The Morgan fingerprint density at radius 1 is 0.952 bits per heavy atom. The molecule has 4 rings (SSSR count). The first kappa shape index (κ1) is 13.7. The molecule has 0 amide bonds. The van der Waals surface area contributed by atoms with E-state index in [9.17, 15) is 0 Å². The molecule has 1 aliphatic rings. The van der Waals surface area contributed by atoms with Crippen molar-refractivity contribution in [1.29, 1.82) is 0 Å². The van der Waals surface area contributed by atoms with Crippen molar-refractivity contribution in [3.8, 4) is 0 Å². The molecule has 108 valence electrons. The van der Waals surface area contributed by atoms with Crippen molar-refractivity contribution in [3.63, 3.8) is 0 Å². The molecule has 0 fully saturated rings. The van der Waals surface area contributed by atoms with Crippen molar-refractivity contribution in [3.05, 3.63) is 66.7 Å². The van der Waals surface area contributed by atoms with Gasteiger partial charge in [-0.3, -0.25) is 5.32 Å². The van der Waals surface area contributed by atoms with Crippen LogP contribution in [0.2, 0.25) is 0 Å². The second-order valence-corrected chi connectivity index (χ2v) is 8.33. The Labute approximate surface area is 137 Å². The highest BCUT2D eigenvalue weighted by molar-refractivity contribution is 7.11. The number of thiophene rings is 3. The molecule has 1 unspecified atom stereocenters. The van der Waals surface area contributed by atoms with Crippen molar-refractivity contribution in [2.24, 2.45) is 0 Å². The van der Waals surface area contributed by atoms with E-state index in [1.54, 1.807) is 4.88 Å². The highest BCUT2D eigenvalue weighted by Crippen LogP contribution is 2.37. The van der Waals surface area contributed by atoms with Crippen molar-refractivity contribution < 1.29 is 0 Å². The first-order valence-electron chi connectivity index (χ1n) is 7.31. The summed E-state index contributed by atoms with van der Waals surface area (Å²) in [5.74, 6) is 0. The molecule has 4 heteroatoms. The van der Waals surface area contributed by atoms with E-state index in [0.717, 1.165) is 0 Å². The zero-order chi connectivity index (χ0) is 14.1. The lowest BCUT2D eigenvalue weighted by molar-refractivity contribution is 0.437. The molecule has 0 saturated carbocycles. The first-order valence-corrected chi connectivity index (χ1v) is 9.95. The fraction of sp³-hybridized carbons (Fsp3) is 0.294. The van der Waals surface area contributed by atoms with Gasteiger partial charge < -0.3 is 0 Å². The van der Waals surface area contributed by atoms with Crippen LogP contribution in [0.25, 0.3) is 0 Å². The van der Waals surface area contributed by atoms with Gasteiger partial charge in [0.1, 0.15) is 0 Å². The normalized spacial score (nSPS) is 18.0. The Kier molecular flexibility index (Phi) is 3.95. The minimum absolute atomic E-state index is 0.334. The predicted octanol–water partition coefficient (Wildman–Crippen LogP) is 5.63. The molecule has 1 N–H and O–H groups in total. The van der Waals surface area contributed by atoms with E-state index in [1.807, 2.05) is 34.0 Å². The van der Waals surface area contributed by atoms with Crippen LogP contribution in [-0.4, -0.2) is 0 Å². The fourth-order valence-corrected chi connectivity index (χ4v) is 5.74. The molecule has 3 aromatic heterocycles. The number of rotatable bonds is 4. The van der Waals surface area contributed by atoms with Gasteiger partial charge in [0, 0.05) is 20.7 Å². The maximum atomic E-state index is 3.93. The lowest BCUT2D eigenvalue weighted by Crippen LogP contribution is -2.28. The average Bonchev–Trinajstić information content (AvgIpc) is 3.24. The molecule has 3 aromatic rings. The van der Waals surface area contributed by atoms with E-state index in [2.05, 4.69) is 51.8 Å². The minimum Gasteiger partial charge on any atom is -0.298 e. The molecular formula is C17H17NS3. The third-order valence-corrected chi connectivity index (χ3v) is 6.95. The summed E-state index contributed by atoms with van der Waals surface area (Å²) < 4.78 is 0. The van der Waals surface area contributed by atoms with Crippen LogP contribution in [0.1, 0.15) is 45.1 Å². The number of hydrogen-bond donors (Lipinski definition) is 1. The predicted molar refractivity (Wildman–Crippen MR) is 93.6 cm³/mol. The summed E-state index contributed by atoms with van der Waals surface area (Å²) in [6.45, 7) is 0. The van der Waals surface area contributed by atoms with Crippen molar-refractivity contribution in [1.82, 2.24) is 5.32 Å². The topological polar surface area (TPSA) is 12.0 Å².